The van der Waals surface area contributed by atoms with Crippen LogP contribution >= 0.6 is 23.2 Å². The van der Waals surface area contributed by atoms with Crippen molar-refractivity contribution in [2.75, 3.05) is 18.0 Å². The average molecular weight is 533 g/mol. The first-order valence-electron chi connectivity index (χ1n) is 12.0. The molecule has 0 aliphatic carbocycles. The smallest absolute Gasteiger partial charge is 0.270 e. The number of rotatable bonds is 4. The first-order valence-corrected chi connectivity index (χ1v) is 12.8. The highest BCUT2D eigenvalue weighted by atomic mass is 35.5. The summed E-state index contributed by atoms with van der Waals surface area (Å²) >= 11 is 12.3. The molecule has 1 aliphatic rings. The van der Waals surface area contributed by atoms with Gasteiger partial charge < -0.3 is 14.3 Å². The fourth-order valence-corrected chi connectivity index (χ4v) is 5.40. The molecule has 1 unspecified atom stereocenters. The summed E-state index contributed by atoms with van der Waals surface area (Å²) in [7, 11) is 1.73. The van der Waals surface area contributed by atoms with Crippen molar-refractivity contribution in [2.24, 2.45) is 7.05 Å². The number of nitrogens with zero attached hydrogens (tertiary/aromatic N) is 6. The Labute approximate surface area is 225 Å². The van der Waals surface area contributed by atoms with Crippen LogP contribution in [0.15, 0.2) is 65.6 Å². The Morgan fingerprint density at radius 1 is 1.00 bits per heavy atom. The maximum atomic E-state index is 12.8. The van der Waals surface area contributed by atoms with Gasteiger partial charge in [0.25, 0.3) is 11.4 Å². The molecule has 9 heteroatoms. The lowest BCUT2D eigenvalue weighted by Gasteiger charge is -2.48. The molecule has 3 atom stereocenters. The molecular weight excluding hydrogens is 507 g/mol. The number of hydrogen-bond acceptors (Lipinski definition) is 5. The number of hydrogen-bond donors (Lipinski definition) is 0. The molecule has 37 heavy (non-hydrogen) atoms. The predicted octanol–water partition coefficient (Wildman–Crippen LogP) is 5.87. The molecule has 0 bridgehead atoms. The van der Waals surface area contributed by atoms with Gasteiger partial charge in [0.15, 0.2) is 0 Å². The van der Waals surface area contributed by atoms with Crippen molar-refractivity contribution >= 4 is 45.7 Å². The Hall–Kier alpha value is -3.44. The van der Waals surface area contributed by atoms with Gasteiger partial charge in [-0.1, -0.05) is 41.9 Å². The Balaban J connectivity index is 1.55. The van der Waals surface area contributed by atoms with Crippen molar-refractivity contribution in [2.45, 2.75) is 32.0 Å². The quantitative estimate of drug-likeness (QED) is 0.307. The van der Waals surface area contributed by atoms with Gasteiger partial charge in [0.1, 0.15) is 0 Å². The molecular formula is C28H26Cl2N6O. The second-order valence-corrected chi connectivity index (χ2v) is 10.4. The Bertz CT molecular complexity index is 1500. The maximum absolute atomic E-state index is 12.8. The zero-order valence-corrected chi connectivity index (χ0v) is 22.3. The van der Waals surface area contributed by atoms with Crippen LogP contribution in [-0.2, 0) is 7.05 Å². The van der Waals surface area contributed by atoms with E-state index in [1.807, 2.05) is 36.4 Å². The fraction of sp³-hybridized carbons (Fsp3) is 0.286. The number of pyridine rings is 3. The van der Waals surface area contributed by atoms with Crippen LogP contribution in [0, 0.1) is 6.57 Å². The van der Waals surface area contributed by atoms with Gasteiger partial charge in [0, 0.05) is 49.5 Å². The fourth-order valence-electron chi connectivity index (χ4n) is 5.16. The summed E-state index contributed by atoms with van der Waals surface area (Å²) < 4.78 is 1.58. The van der Waals surface area contributed by atoms with Gasteiger partial charge in [0.2, 0.25) is 5.52 Å². The summed E-state index contributed by atoms with van der Waals surface area (Å²) in [6.07, 6.45) is 1.68. The zero-order valence-electron chi connectivity index (χ0n) is 20.8. The van der Waals surface area contributed by atoms with Gasteiger partial charge in [-0.3, -0.25) is 14.7 Å². The first kappa shape index (κ1) is 25.2. The van der Waals surface area contributed by atoms with Gasteiger partial charge >= 0.3 is 0 Å². The molecule has 0 amide bonds. The number of halogens is 2. The van der Waals surface area contributed by atoms with Crippen LogP contribution in [0.25, 0.3) is 15.9 Å². The summed E-state index contributed by atoms with van der Waals surface area (Å²) in [5, 5.41) is 1.27. The summed E-state index contributed by atoms with van der Waals surface area (Å²) in [4.78, 5) is 30.3. The van der Waals surface area contributed by atoms with Gasteiger partial charge in [-0.2, -0.15) is 0 Å². The zero-order chi connectivity index (χ0) is 26.3. The van der Waals surface area contributed by atoms with Gasteiger partial charge in [-0.25, -0.2) is 0 Å². The highest BCUT2D eigenvalue weighted by molar-refractivity contribution is 6.30. The van der Waals surface area contributed by atoms with Crippen LogP contribution in [0.1, 0.15) is 31.1 Å². The van der Waals surface area contributed by atoms with Crippen molar-refractivity contribution in [1.29, 1.82) is 0 Å². The number of aryl methyl sites for hydroxylation is 1. The molecule has 1 aliphatic heterocycles. The van der Waals surface area contributed by atoms with E-state index in [9.17, 15) is 4.79 Å². The van der Waals surface area contributed by atoms with Crippen molar-refractivity contribution < 1.29 is 0 Å². The Morgan fingerprint density at radius 3 is 2.41 bits per heavy atom. The first-order chi connectivity index (χ1) is 17.8. The van der Waals surface area contributed by atoms with Crippen LogP contribution in [0.5, 0.6) is 0 Å². The lowest BCUT2D eigenvalue weighted by Crippen LogP contribution is -2.57. The summed E-state index contributed by atoms with van der Waals surface area (Å²) in [6.45, 7) is 13.1. The van der Waals surface area contributed by atoms with Crippen LogP contribution < -0.4 is 10.5 Å². The van der Waals surface area contributed by atoms with E-state index in [1.165, 1.54) is 0 Å². The van der Waals surface area contributed by atoms with Crippen LogP contribution in [0.2, 0.25) is 10.0 Å². The molecule has 4 heterocycles. The highest BCUT2D eigenvalue weighted by Gasteiger charge is 2.36. The van der Waals surface area contributed by atoms with Gasteiger partial charge in [0.05, 0.1) is 28.0 Å². The predicted molar refractivity (Wildman–Crippen MR) is 149 cm³/mol. The summed E-state index contributed by atoms with van der Waals surface area (Å²) in [5.74, 6) is 0.309. The SMILES string of the molecule is [C-]#[N+]c1ccc2c(n1)c(N1C[C@@H](C)N(C(c3ccc(Cl)cc3)c3ccc(Cl)cn3)C[C@@H]1C)cc(=O)n2C. The van der Waals surface area contributed by atoms with E-state index in [-0.39, 0.29) is 23.7 Å². The molecule has 1 saturated heterocycles. The lowest BCUT2D eigenvalue weighted by molar-refractivity contribution is 0.128. The highest BCUT2D eigenvalue weighted by Crippen LogP contribution is 2.36. The molecule has 4 aromatic rings. The molecule has 3 aromatic heterocycles. The van der Waals surface area contributed by atoms with Crippen molar-refractivity contribution in [3.63, 3.8) is 0 Å². The molecule has 0 spiro atoms. The molecule has 188 valence electrons. The third kappa shape index (κ3) is 4.80. The Morgan fingerprint density at radius 2 is 1.73 bits per heavy atom. The largest absolute Gasteiger partial charge is 0.362 e. The van der Waals surface area contributed by atoms with E-state index in [0.717, 1.165) is 23.5 Å². The summed E-state index contributed by atoms with van der Waals surface area (Å²) in [5.41, 5.74) is 4.02. The van der Waals surface area contributed by atoms with E-state index >= 15 is 0 Å². The topological polar surface area (TPSA) is 58.6 Å². The van der Waals surface area contributed by atoms with Crippen molar-refractivity contribution in [3.8, 4) is 0 Å². The standard InChI is InChI=1S/C28H26Cl2N6O/c1-17-16-36(28(19-5-7-20(29)8-6-19)22-10-9-21(30)14-32-22)18(2)15-35(17)24-13-26(37)34(4)23-11-12-25(31-3)33-27(23)24/h5-14,17-18,28H,15-16H2,1-2,4H3/t17-,18+,28?/m0/s1. The van der Waals surface area contributed by atoms with Crippen LogP contribution in [-0.4, -0.2) is 44.6 Å². The lowest BCUT2D eigenvalue weighted by atomic mass is 9.96. The molecule has 1 fully saturated rings. The van der Waals surface area contributed by atoms with Crippen LogP contribution in [0.4, 0.5) is 11.5 Å². The van der Waals surface area contributed by atoms with E-state index in [1.54, 1.807) is 36.0 Å². The average Bonchev–Trinajstić information content (AvgIpc) is 2.90. The number of anilines is 1. The van der Waals surface area contributed by atoms with Gasteiger partial charge in [-0.15, -0.1) is 4.98 Å². The van der Waals surface area contributed by atoms with E-state index in [0.29, 0.717) is 33.4 Å². The second-order valence-electron chi connectivity index (χ2n) is 9.48. The van der Waals surface area contributed by atoms with E-state index in [4.69, 9.17) is 29.8 Å². The van der Waals surface area contributed by atoms with Crippen LogP contribution in [0.3, 0.4) is 0 Å². The monoisotopic (exact) mass is 532 g/mol. The van der Waals surface area contributed by atoms with E-state index < -0.39 is 0 Å². The molecule has 7 nitrogen and oxygen atoms in total. The maximum Gasteiger partial charge on any atom is 0.270 e. The minimum Gasteiger partial charge on any atom is -0.362 e. The molecule has 0 saturated carbocycles. The third-order valence-corrected chi connectivity index (χ3v) is 7.54. The van der Waals surface area contributed by atoms with E-state index in [2.05, 4.69) is 38.5 Å². The number of fused-ring (bicyclic) bond motifs is 1. The molecule has 0 radical (unpaired) electrons. The molecule has 5 rings (SSSR count). The van der Waals surface area contributed by atoms with Gasteiger partial charge in [-0.05, 0) is 55.8 Å². The minimum absolute atomic E-state index is 0.0620. The minimum atomic E-state index is -0.105. The normalized spacial score (nSPS) is 19.1. The van der Waals surface area contributed by atoms with Crippen molar-refractivity contribution in [3.05, 3.63) is 104 Å². The molecule has 1 aromatic carbocycles. The number of piperazine rings is 1. The number of aromatic nitrogens is 3. The Kier molecular flexibility index (Phi) is 6.91. The third-order valence-electron chi connectivity index (χ3n) is 7.06. The molecule has 0 N–H and O–H groups in total. The number of benzene rings is 1. The summed E-state index contributed by atoms with van der Waals surface area (Å²) in [6, 6.07) is 16.9. The second kappa shape index (κ2) is 10.1. The van der Waals surface area contributed by atoms with Crippen molar-refractivity contribution in [1.82, 2.24) is 19.4 Å².